The second kappa shape index (κ2) is 11.5. The van der Waals surface area contributed by atoms with Crippen LogP contribution in [-0.2, 0) is 6.42 Å². The maximum absolute atomic E-state index is 5.79. The van der Waals surface area contributed by atoms with Gasteiger partial charge in [-0.15, -0.1) is 10.2 Å². The number of ether oxygens (including phenoxy) is 1. The maximum atomic E-state index is 5.79. The monoisotopic (exact) mass is 449 g/mol. The zero-order valence-corrected chi connectivity index (χ0v) is 20.9. The predicted octanol–water partition coefficient (Wildman–Crippen LogP) is 7.33. The van der Waals surface area contributed by atoms with Crippen molar-refractivity contribution in [2.24, 2.45) is 11.8 Å². The predicted molar refractivity (Wildman–Crippen MR) is 135 cm³/mol. The normalized spacial score (nSPS) is 13.2. The molecule has 32 heavy (non-hydrogen) atoms. The molecule has 0 aliphatic rings. The van der Waals surface area contributed by atoms with Crippen molar-refractivity contribution in [3.63, 3.8) is 0 Å². The largest absolute Gasteiger partial charge is 0.491 e. The molecule has 0 spiro atoms. The standard InChI is InChI=1S/C27H35N3OS/c1-7-19(5)20(6)17-32-27-28-25(22-11-9-21(8-2)10-12-22)26(29-30-27)23-13-15-24(16-14-23)31-18(3)4/h9-16,18-20H,7-8,17H2,1-6H3. The molecule has 0 N–H and O–H groups in total. The van der Waals surface area contributed by atoms with Crippen LogP contribution in [0.5, 0.6) is 5.75 Å². The molecule has 5 heteroatoms. The van der Waals surface area contributed by atoms with Gasteiger partial charge in [-0.25, -0.2) is 4.98 Å². The van der Waals surface area contributed by atoms with Crippen LogP contribution in [0, 0.1) is 11.8 Å². The fourth-order valence-electron chi connectivity index (χ4n) is 3.40. The van der Waals surface area contributed by atoms with E-state index < -0.39 is 0 Å². The summed E-state index contributed by atoms with van der Waals surface area (Å²) in [6, 6.07) is 16.6. The van der Waals surface area contributed by atoms with Crippen LogP contribution in [-0.4, -0.2) is 27.0 Å². The summed E-state index contributed by atoms with van der Waals surface area (Å²) in [4.78, 5) is 4.96. The average molecular weight is 450 g/mol. The molecule has 0 saturated heterocycles. The van der Waals surface area contributed by atoms with Gasteiger partial charge in [0.1, 0.15) is 17.1 Å². The molecule has 0 radical (unpaired) electrons. The third-order valence-electron chi connectivity index (χ3n) is 5.89. The molecule has 2 atom stereocenters. The van der Waals surface area contributed by atoms with Gasteiger partial charge in [0.2, 0.25) is 5.16 Å². The van der Waals surface area contributed by atoms with Gasteiger partial charge >= 0.3 is 0 Å². The molecule has 1 aromatic heterocycles. The van der Waals surface area contributed by atoms with Gasteiger partial charge in [0, 0.05) is 16.9 Å². The number of thioether (sulfide) groups is 1. The van der Waals surface area contributed by atoms with Gasteiger partial charge in [0.25, 0.3) is 0 Å². The van der Waals surface area contributed by atoms with E-state index in [1.807, 2.05) is 38.1 Å². The van der Waals surface area contributed by atoms with Gasteiger partial charge in [-0.1, -0.05) is 70.1 Å². The highest BCUT2D eigenvalue weighted by atomic mass is 32.2. The number of hydrogen-bond donors (Lipinski definition) is 0. The van der Waals surface area contributed by atoms with E-state index in [9.17, 15) is 0 Å². The third-order valence-corrected chi connectivity index (χ3v) is 7.02. The summed E-state index contributed by atoms with van der Waals surface area (Å²) in [7, 11) is 0. The Morgan fingerprint density at radius 1 is 0.781 bits per heavy atom. The van der Waals surface area contributed by atoms with Crippen LogP contribution in [0.25, 0.3) is 22.5 Å². The van der Waals surface area contributed by atoms with E-state index in [1.54, 1.807) is 11.8 Å². The molecule has 1 heterocycles. The van der Waals surface area contributed by atoms with Gasteiger partial charge in [-0.05, 0) is 61.9 Å². The Bertz CT molecular complexity index is 987. The molecule has 0 amide bonds. The summed E-state index contributed by atoms with van der Waals surface area (Å²) in [6.45, 7) is 13.1. The quantitative estimate of drug-likeness (QED) is 0.303. The van der Waals surface area contributed by atoms with Crippen LogP contribution >= 0.6 is 11.8 Å². The van der Waals surface area contributed by atoms with Crippen molar-refractivity contribution in [3.05, 3.63) is 54.1 Å². The molecule has 0 fully saturated rings. The fourth-order valence-corrected chi connectivity index (χ4v) is 4.40. The van der Waals surface area contributed by atoms with Crippen molar-refractivity contribution in [2.45, 2.75) is 65.6 Å². The average Bonchev–Trinajstić information content (AvgIpc) is 2.82. The van der Waals surface area contributed by atoms with Crippen molar-refractivity contribution in [3.8, 4) is 28.3 Å². The van der Waals surface area contributed by atoms with E-state index in [0.29, 0.717) is 11.8 Å². The van der Waals surface area contributed by atoms with Crippen LogP contribution in [0.15, 0.2) is 53.7 Å². The summed E-state index contributed by atoms with van der Waals surface area (Å²) in [5, 5.41) is 9.84. The molecular weight excluding hydrogens is 414 g/mol. The van der Waals surface area contributed by atoms with Crippen molar-refractivity contribution in [1.82, 2.24) is 15.2 Å². The maximum Gasteiger partial charge on any atom is 0.209 e. The summed E-state index contributed by atoms with van der Waals surface area (Å²) in [6.07, 6.45) is 2.34. The van der Waals surface area contributed by atoms with E-state index in [2.05, 4.69) is 62.2 Å². The molecule has 0 saturated carbocycles. The van der Waals surface area contributed by atoms with Crippen LogP contribution in [0.4, 0.5) is 0 Å². The third kappa shape index (κ3) is 6.32. The highest BCUT2D eigenvalue weighted by molar-refractivity contribution is 7.99. The Morgan fingerprint density at radius 3 is 2.00 bits per heavy atom. The van der Waals surface area contributed by atoms with E-state index in [1.165, 1.54) is 12.0 Å². The highest BCUT2D eigenvalue weighted by Gasteiger charge is 2.16. The number of nitrogens with zero attached hydrogens (tertiary/aromatic N) is 3. The first kappa shape index (κ1) is 24.2. The lowest BCUT2D eigenvalue weighted by Gasteiger charge is -2.17. The molecule has 0 bridgehead atoms. The molecule has 2 aromatic carbocycles. The Labute approximate surface area is 197 Å². The molecular formula is C27H35N3OS. The lowest BCUT2D eigenvalue weighted by Crippen LogP contribution is -2.10. The first-order valence-corrected chi connectivity index (χ1v) is 12.6. The number of hydrogen-bond acceptors (Lipinski definition) is 5. The second-order valence-corrected chi connectivity index (χ2v) is 9.69. The minimum Gasteiger partial charge on any atom is -0.491 e. The van der Waals surface area contributed by atoms with Crippen LogP contribution in [0.2, 0.25) is 0 Å². The Morgan fingerprint density at radius 2 is 1.41 bits per heavy atom. The summed E-state index contributed by atoms with van der Waals surface area (Å²) >= 11 is 1.70. The first-order valence-electron chi connectivity index (χ1n) is 11.6. The van der Waals surface area contributed by atoms with Gasteiger partial charge in [-0.2, -0.15) is 0 Å². The van der Waals surface area contributed by atoms with E-state index in [4.69, 9.17) is 9.72 Å². The number of aryl methyl sites for hydroxylation is 1. The number of rotatable bonds is 10. The van der Waals surface area contributed by atoms with Crippen LogP contribution in [0.3, 0.4) is 0 Å². The van der Waals surface area contributed by atoms with E-state index in [0.717, 1.165) is 45.6 Å². The van der Waals surface area contributed by atoms with Crippen LogP contribution in [0.1, 0.15) is 53.5 Å². The van der Waals surface area contributed by atoms with E-state index in [-0.39, 0.29) is 6.10 Å². The van der Waals surface area contributed by atoms with Gasteiger partial charge in [-0.3, -0.25) is 0 Å². The second-order valence-electron chi connectivity index (χ2n) is 8.71. The van der Waals surface area contributed by atoms with Crippen molar-refractivity contribution < 1.29 is 4.74 Å². The first-order chi connectivity index (χ1) is 15.4. The molecule has 170 valence electrons. The minimum atomic E-state index is 0.143. The lowest BCUT2D eigenvalue weighted by atomic mass is 9.96. The summed E-state index contributed by atoms with van der Waals surface area (Å²) in [5.41, 5.74) is 5.03. The Kier molecular flexibility index (Phi) is 8.68. The Balaban J connectivity index is 1.94. The highest BCUT2D eigenvalue weighted by Crippen LogP contribution is 2.32. The minimum absolute atomic E-state index is 0.143. The zero-order valence-electron chi connectivity index (χ0n) is 20.1. The smallest absolute Gasteiger partial charge is 0.209 e. The van der Waals surface area contributed by atoms with Crippen molar-refractivity contribution >= 4 is 11.8 Å². The molecule has 0 aliphatic heterocycles. The molecule has 2 unspecified atom stereocenters. The topological polar surface area (TPSA) is 47.9 Å². The zero-order chi connectivity index (χ0) is 23.1. The SMILES string of the molecule is CCc1ccc(-c2nc(SCC(C)C(C)CC)nnc2-c2ccc(OC(C)C)cc2)cc1. The van der Waals surface area contributed by atoms with Crippen molar-refractivity contribution in [2.75, 3.05) is 5.75 Å². The molecule has 3 rings (SSSR count). The fraction of sp³-hybridized carbons (Fsp3) is 0.444. The van der Waals surface area contributed by atoms with Gasteiger partial charge in [0.15, 0.2) is 0 Å². The molecule has 4 nitrogen and oxygen atoms in total. The molecule has 3 aromatic rings. The lowest BCUT2D eigenvalue weighted by molar-refractivity contribution is 0.242. The summed E-state index contributed by atoms with van der Waals surface area (Å²) < 4.78 is 5.79. The summed E-state index contributed by atoms with van der Waals surface area (Å²) in [5.74, 6) is 3.13. The number of aromatic nitrogens is 3. The van der Waals surface area contributed by atoms with Crippen molar-refractivity contribution in [1.29, 1.82) is 0 Å². The Hall–Kier alpha value is -2.40. The van der Waals surface area contributed by atoms with Crippen LogP contribution < -0.4 is 4.74 Å². The van der Waals surface area contributed by atoms with Gasteiger partial charge in [0.05, 0.1) is 6.10 Å². The van der Waals surface area contributed by atoms with Gasteiger partial charge < -0.3 is 4.74 Å². The van der Waals surface area contributed by atoms with E-state index >= 15 is 0 Å². The number of benzene rings is 2. The molecule has 0 aliphatic carbocycles.